The standard InChI is InChI=1S/C23H26N4O4/c24-23(20-4-2-1-3-18(20)9-10-26(23)16-21(28)29)22(30)19-7-5-17(6-8-19)15-25-27-11-13-31-14-12-27/h1-8,15H,9-14,16,24H2,(H,28,29). The zero-order valence-electron chi connectivity index (χ0n) is 17.2. The maximum Gasteiger partial charge on any atom is 0.317 e. The fraction of sp³-hybridized carbons (Fsp3) is 0.348. The Morgan fingerprint density at radius 3 is 2.52 bits per heavy atom. The maximum atomic E-state index is 13.6. The molecule has 0 amide bonds. The van der Waals surface area contributed by atoms with Gasteiger partial charge in [-0.15, -0.1) is 0 Å². The van der Waals surface area contributed by atoms with Crippen LogP contribution in [0.1, 0.15) is 27.0 Å². The zero-order chi connectivity index (χ0) is 21.8. The van der Waals surface area contributed by atoms with Crippen molar-refractivity contribution in [1.82, 2.24) is 9.91 Å². The van der Waals surface area contributed by atoms with Gasteiger partial charge in [-0.1, -0.05) is 48.5 Å². The topological polar surface area (TPSA) is 108 Å². The van der Waals surface area contributed by atoms with Gasteiger partial charge in [-0.25, -0.2) is 0 Å². The lowest BCUT2D eigenvalue weighted by Crippen LogP contribution is -2.62. The molecule has 0 aromatic heterocycles. The third kappa shape index (κ3) is 4.36. The van der Waals surface area contributed by atoms with Crippen LogP contribution in [0.5, 0.6) is 0 Å². The Morgan fingerprint density at radius 1 is 1.10 bits per heavy atom. The summed E-state index contributed by atoms with van der Waals surface area (Å²) < 4.78 is 5.31. The number of hydrogen-bond donors (Lipinski definition) is 2. The summed E-state index contributed by atoms with van der Waals surface area (Å²) >= 11 is 0. The number of nitrogens with two attached hydrogens (primary N) is 1. The van der Waals surface area contributed by atoms with E-state index < -0.39 is 11.6 Å². The number of rotatable bonds is 6. The highest BCUT2D eigenvalue weighted by Gasteiger charge is 2.46. The molecule has 1 atom stereocenters. The highest BCUT2D eigenvalue weighted by Crippen LogP contribution is 2.34. The van der Waals surface area contributed by atoms with Crippen LogP contribution in [0, 0.1) is 0 Å². The van der Waals surface area contributed by atoms with Gasteiger partial charge in [-0.3, -0.25) is 19.5 Å². The minimum Gasteiger partial charge on any atom is -0.480 e. The molecule has 2 aromatic carbocycles. The van der Waals surface area contributed by atoms with Crippen LogP contribution in [0.2, 0.25) is 0 Å². The number of ketones is 1. The molecule has 4 rings (SSSR count). The van der Waals surface area contributed by atoms with E-state index in [0.717, 1.165) is 24.2 Å². The minimum absolute atomic E-state index is 0.305. The van der Waals surface area contributed by atoms with E-state index in [2.05, 4.69) is 5.10 Å². The Balaban J connectivity index is 1.60. The second-order valence-electron chi connectivity index (χ2n) is 7.75. The van der Waals surface area contributed by atoms with Gasteiger partial charge in [-0.2, -0.15) is 5.10 Å². The predicted molar refractivity (Wildman–Crippen MR) is 116 cm³/mol. The summed E-state index contributed by atoms with van der Waals surface area (Å²) in [5.74, 6) is -1.34. The van der Waals surface area contributed by atoms with Crippen LogP contribution < -0.4 is 5.73 Å². The van der Waals surface area contributed by atoms with Crippen LogP contribution in [0.4, 0.5) is 0 Å². The number of carboxylic acid groups (broad SMARTS) is 1. The molecular weight excluding hydrogens is 396 g/mol. The van der Waals surface area contributed by atoms with Crippen LogP contribution in [0.15, 0.2) is 53.6 Å². The monoisotopic (exact) mass is 422 g/mol. The molecule has 2 heterocycles. The molecular formula is C23H26N4O4. The summed E-state index contributed by atoms with van der Waals surface area (Å²) in [5, 5.41) is 15.8. The van der Waals surface area contributed by atoms with Gasteiger partial charge in [0, 0.05) is 12.1 Å². The molecule has 8 heteroatoms. The summed E-state index contributed by atoms with van der Waals surface area (Å²) in [4.78, 5) is 26.6. The van der Waals surface area contributed by atoms with Crippen LogP contribution in [0.25, 0.3) is 0 Å². The van der Waals surface area contributed by atoms with Gasteiger partial charge < -0.3 is 15.6 Å². The zero-order valence-corrected chi connectivity index (χ0v) is 17.2. The Hall–Kier alpha value is -3.07. The number of fused-ring (bicyclic) bond motifs is 1. The second-order valence-corrected chi connectivity index (χ2v) is 7.75. The first kappa shape index (κ1) is 21.2. The Bertz CT molecular complexity index is 985. The van der Waals surface area contributed by atoms with Gasteiger partial charge in [0.05, 0.1) is 39.1 Å². The van der Waals surface area contributed by atoms with Crippen molar-refractivity contribution in [3.8, 4) is 0 Å². The number of benzene rings is 2. The molecule has 2 aliphatic rings. The van der Waals surface area contributed by atoms with Gasteiger partial charge in [0.2, 0.25) is 5.78 Å². The van der Waals surface area contributed by atoms with Crippen LogP contribution >= 0.6 is 0 Å². The third-order valence-corrected chi connectivity index (χ3v) is 5.78. The number of carbonyl (C=O) groups excluding carboxylic acids is 1. The molecule has 162 valence electrons. The molecule has 1 saturated heterocycles. The van der Waals surface area contributed by atoms with Crippen molar-refractivity contribution >= 4 is 18.0 Å². The molecule has 0 aliphatic carbocycles. The van der Waals surface area contributed by atoms with Crippen molar-refractivity contribution < 1.29 is 19.4 Å². The number of Topliss-reactive ketones (excluding diaryl/α,β-unsaturated/α-hetero) is 1. The van der Waals surface area contributed by atoms with Crippen molar-refractivity contribution in [2.45, 2.75) is 12.1 Å². The lowest BCUT2D eigenvalue weighted by atomic mass is 9.82. The first-order valence-electron chi connectivity index (χ1n) is 10.3. The quantitative estimate of drug-likeness (QED) is 0.533. The highest BCUT2D eigenvalue weighted by molar-refractivity contribution is 6.04. The van der Waals surface area contributed by atoms with Crippen molar-refractivity contribution in [1.29, 1.82) is 0 Å². The fourth-order valence-electron chi connectivity index (χ4n) is 4.10. The van der Waals surface area contributed by atoms with Crippen LogP contribution in [-0.4, -0.2) is 72.4 Å². The lowest BCUT2D eigenvalue weighted by Gasteiger charge is -2.43. The van der Waals surface area contributed by atoms with Gasteiger partial charge in [0.15, 0.2) is 5.66 Å². The largest absolute Gasteiger partial charge is 0.480 e. The SMILES string of the molecule is NC1(C(=O)c2ccc(C=NN3CCOCC3)cc2)c2ccccc2CCN1CC(=O)O. The van der Waals surface area contributed by atoms with E-state index in [1.54, 1.807) is 23.2 Å². The minimum atomic E-state index is -1.53. The smallest absolute Gasteiger partial charge is 0.317 e. The number of aliphatic carboxylic acids is 1. The maximum absolute atomic E-state index is 13.6. The van der Waals surface area contributed by atoms with E-state index in [1.165, 1.54) is 0 Å². The first-order chi connectivity index (χ1) is 15.0. The van der Waals surface area contributed by atoms with Crippen molar-refractivity contribution in [2.75, 3.05) is 39.4 Å². The van der Waals surface area contributed by atoms with E-state index in [0.29, 0.717) is 37.3 Å². The number of hydrogen-bond acceptors (Lipinski definition) is 7. The number of morpholine rings is 1. The van der Waals surface area contributed by atoms with Crippen LogP contribution in [0.3, 0.4) is 0 Å². The first-order valence-corrected chi connectivity index (χ1v) is 10.3. The van der Waals surface area contributed by atoms with Crippen molar-refractivity contribution in [3.05, 3.63) is 70.8 Å². The van der Waals surface area contributed by atoms with E-state index in [4.69, 9.17) is 10.5 Å². The van der Waals surface area contributed by atoms with E-state index in [1.807, 2.05) is 41.4 Å². The van der Waals surface area contributed by atoms with Gasteiger partial charge in [0.25, 0.3) is 0 Å². The summed E-state index contributed by atoms with van der Waals surface area (Å²) in [5.41, 5.74) is 8.09. The molecule has 31 heavy (non-hydrogen) atoms. The Labute approximate surface area is 180 Å². The van der Waals surface area contributed by atoms with Gasteiger partial charge >= 0.3 is 5.97 Å². The molecule has 0 spiro atoms. The molecule has 1 unspecified atom stereocenters. The molecule has 3 N–H and O–H groups in total. The number of carboxylic acids is 1. The summed E-state index contributed by atoms with van der Waals surface area (Å²) in [6.07, 6.45) is 2.40. The van der Waals surface area contributed by atoms with Crippen molar-refractivity contribution in [2.24, 2.45) is 10.8 Å². The number of nitrogens with zero attached hydrogens (tertiary/aromatic N) is 3. The molecule has 0 saturated carbocycles. The predicted octanol–water partition coefficient (Wildman–Crippen LogP) is 1.29. The van der Waals surface area contributed by atoms with Gasteiger partial charge in [0.1, 0.15) is 0 Å². The summed E-state index contributed by atoms with van der Waals surface area (Å²) in [7, 11) is 0. The second kappa shape index (κ2) is 8.97. The Morgan fingerprint density at radius 2 is 1.81 bits per heavy atom. The van der Waals surface area contributed by atoms with E-state index in [-0.39, 0.29) is 12.3 Å². The highest BCUT2D eigenvalue weighted by atomic mass is 16.5. The normalized spacial score (nSPS) is 21.8. The van der Waals surface area contributed by atoms with E-state index in [9.17, 15) is 14.7 Å². The molecule has 2 aromatic rings. The number of carbonyl (C=O) groups is 2. The van der Waals surface area contributed by atoms with Crippen LogP contribution in [-0.2, 0) is 21.6 Å². The average molecular weight is 422 g/mol. The van der Waals surface area contributed by atoms with Crippen molar-refractivity contribution in [3.63, 3.8) is 0 Å². The average Bonchev–Trinajstić information content (AvgIpc) is 2.80. The number of ether oxygens (including phenoxy) is 1. The molecule has 8 nitrogen and oxygen atoms in total. The van der Waals surface area contributed by atoms with E-state index >= 15 is 0 Å². The Kier molecular flexibility index (Phi) is 6.13. The summed E-state index contributed by atoms with van der Waals surface area (Å²) in [6, 6.07) is 14.5. The molecule has 0 bridgehead atoms. The fourth-order valence-corrected chi connectivity index (χ4v) is 4.10. The third-order valence-electron chi connectivity index (χ3n) is 5.78. The molecule has 1 fully saturated rings. The van der Waals surface area contributed by atoms with Gasteiger partial charge in [-0.05, 0) is 23.1 Å². The summed E-state index contributed by atoms with van der Waals surface area (Å²) in [6.45, 7) is 2.93. The number of hydrazone groups is 1. The lowest BCUT2D eigenvalue weighted by molar-refractivity contribution is -0.139. The molecule has 0 radical (unpaired) electrons. The molecule has 2 aliphatic heterocycles.